The molecule has 0 aliphatic heterocycles. The molecule has 0 aromatic carbocycles. The minimum Gasteiger partial charge on any atom is -0.478 e. The van der Waals surface area contributed by atoms with Crippen molar-refractivity contribution in [1.82, 2.24) is 9.97 Å². The van der Waals surface area contributed by atoms with Gasteiger partial charge in [0.05, 0.1) is 6.61 Å². The van der Waals surface area contributed by atoms with Crippen LogP contribution in [0.2, 0.25) is 0 Å². The molecule has 4 nitrogen and oxygen atoms in total. The van der Waals surface area contributed by atoms with Crippen LogP contribution in [0.5, 0.6) is 5.88 Å². The molecule has 0 saturated heterocycles. The number of ether oxygens (including phenoxy) is 1. The minimum absolute atomic E-state index is 0.0784. The Balaban J connectivity index is 2.33. The topological polar surface area (TPSA) is 47.0 Å². The highest BCUT2D eigenvalue weighted by atomic mass is 32.2. The molecule has 18 heavy (non-hydrogen) atoms. The van der Waals surface area contributed by atoms with E-state index in [1.807, 2.05) is 6.92 Å². The van der Waals surface area contributed by atoms with E-state index < -0.39 is 5.51 Å². The maximum Gasteiger partial charge on any atom is 0.441 e. The maximum absolute atomic E-state index is 11.9. The smallest absolute Gasteiger partial charge is 0.441 e. The second-order valence-electron chi connectivity index (χ2n) is 3.29. The minimum atomic E-state index is -4.20. The molecule has 0 fully saturated rings. The molecule has 0 aliphatic carbocycles. The third kappa shape index (κ3) is 6.53. The molecule has 0 bridgehead atoms. The summed E-state index contributed by atoms with van der Waals surface area (Å²) < 4.78 is 40.9. The summed E-state index contributed by atoms with van der Waals surface area (Å²) in [5, 5.41) is 2.71. The van der Waals surface area contributed by atoms with Crippen molar-refractivity contribution in [3.63, 3.8) is 0 Å². The molecule has 0 spiro atoms. The van der Waals surface area contributed by atoms with Gasteiger partial charge in [0.1, 0.15) is 0 Å². The Bertz CT molecular complexity index is 362. The van der Waals surface area contributed by atoms with E-state index in [4.69, 9.17) is 4.74 Å². The zero-order valence-corrected chi connectivity index (χ0v) is 10.6. The van der Waals surface area contributed by atoms with Crippen LogP contribution in [-0.2, 0) is 0 Å². The zero-order chi connectivity index (χ0) is 13.4. The van der Waals surface area contributed by atoms with Gasteiger partial charge in [-0.05, 0) is 18.2 Å². The molecule has 102 valence electrons. The third-order valence-corrected chi connectivity index (χ3v) is 2.47. The number of nitrogens with zero attached hydrogens (tertiary/aromatic N) is 2. The summed E-state index contributed by atoms with van der Waals surface area (Å²) >= 11 is -0.0784. The van der Waals surface area contributed by atoms with Crippen LogP contribution in [0.1, 0.15) is 13.3 Å². The Kier molecular flexibility index (Phi) is 6.03. The lowest BCUT2D eigenvalue weighted by atomic mass is 10.5. The van der Waals surface area contributed by atoms with Gasteiger partial charge in [-0.25, -0.2) is 4.98 Å². The van der Waals surface area contributed by atoms with E-state index in [0.717, 1.165) is 6.42 Å². The third-order valence-electron chi connectivity index (χ3n) is 1.73. The second kappa shape index (κ2) is 7.30. The van der Waals surface area contributed by atoms with E-state index in [1.54, 1.807) is 6.07 Å². The summed E-state index contributed by atoms with van der Waals surface area (Å²) in [7, 11) is 0. The van der Waals surface area contributed by atoms with E-state index in [2.05, 4.69) is 15.3 Å². The van der Waals surface area contributed by atoms with Crippen LogP contribution in [0.25, 0.3) is 0 Å². The predicted molar refractivity (Wildman–Crippen MR) is 64.8 cm³/mol. The Morgan fingerprint density at radius 3 is 2.89 bits per heavy atom. The number of alkyl halides is 3. The number of nitrogens with one attached hydrogen (secondary N) is 1. The van der Waals surface area contributed by atoms with Gasteiger partial charge >= 0.3 is 5.51 Å². The normalized spacial score (nSPS) is 11.3. The van der Waals surface area contributed by atoms with Crippen molar-refractivity contribution in [2.24, 2.45) is 0 Å². The van der Waals surface area contributed by atoms with Crippen molar-refractivity contribution in [1.29, 1.82) is 0 Å². The molecular weight excluding hydrogens is 267 g/mol. The average molecular weight is 281 g/mol. The highest BCUT2D eigenvalue weighted by molar-refractivity contribution is 8.00. The number of hydrogen-bond donors (Lipinski definition) is 1. The molecular formula is C10H14F3N3OS. The fourth-order valence-electron chi connectivity index (χ4n) is 1.04. The van der Waals surface area contributed by atoms with Gasteiger partial charge in [0.2, 0.25) is 11.8 Å². The first-order chi connectivity index (χ1) is 8.51. The number of rotatable bonds is 7. The summed E-state index contributed by atoms with van der Waals surface area (Å²) in [6, 6.07) is 1.60. The highest BCUT2D eigenvalue weighted by Gasteiger charge is 2.27. The van der Waals surface area contributed by atoms with Crippen LogP contribution in [0.3, 0.4) is 0 Å². The molecule has 0 unspecified atom stereocenters. The molecule has 1 aromatic rings. The number of anilines is 1. The largest absolute Gasteiger partial charge is 0.478 e. The van der Waals surface area contributed by atoms with Crippen LogP contribution < -0.4 is 10.1 Å². The van der Waals surface area contributed by atoms with Crippen molar-refractivity contribution < 1.29 is 17.9 Å². The van der Waals surface area contributed by atoms with Crippen LogP contribution in [0, 0.1) is 0 Å². The van der Waals surface area contributed by atoms with Gasteiger partial charge in [0.15, 0.2) is 0 Å². The predicted octanol–water partition coefficient (Wildman–Crippen LogP) is 2.93. The number of aromatic nitrogens is 2. The van der Waals surface area contributed by atoms with E-state index >= 15 is 0 Å². The van der Waals surface area contributed by atoms with Crippen molar-refractivity contribution >= 4 is 17.7 Å². The summed E-state index contributed by atoms with van der Waals surface area (Å²) in [4.78, 5) is 7.90. The lowest BCUT2D eigenvalue weighted by Crippen LogP contribution is -2.11. The first kappa shape index (κ1) is 14.9. The SMILES string of the molecule is CCCOc1ccnc(NCCSC(F)(F)F)n1. The van der Waals surface area contributed by atoms with Crippen LogP contribution >= 0.6 is 11.8 Å². The van der Waals surface area contributed by atoms with Crippen molar-refractivity contribution in [2.75, 3.05) is 24.2 Å². The molecule has 0 radical (unpaired) electrons. The molecule has 0 atom stereocenters. The molecule has 1 heterocycles. The summed E-state index contributed by atoms with van der Waals surface area (Å²) in [6.07, 6.45) is 2.35. The Morgan fingerprint density at radius 1 is 1.44 bits per heavy atom. The van der Waals surface area contributed by atoms with Crippen LogP contribution in [-0.4, -0.2) is 34.4 Å². The van der Waals surface area contributed by atoms with Crippen molar-refractivity contribution in [2.45, 2.75) is 18.9 Å². The fraction of sp³-hybridized carbons (Fsp3) is 0.600. The monoisotopic (exact) mass is 281 g/mol. The van der Waals surface area contributed by atoms with Crippen LogP contribution in [0.15, 0.2) is 12.3 Å². The number of halogens is 3. The molecule has 0 saturated carbocycles. The van der Waals surface area contributed by atoms with Crippen molar-refractivity contribution in [3.8, 4) is 5.88 Å². The van der Waals surface area contributed by atoms with Gasteiger partial charge in [0, 0.05) is 24.6 Å². The summed E-state index contributed by atoms with van der Waals surface area (Å²) in [5.41, 5.74) is -4.20. The van der Waals surface area contributed by atoms with E-state index in [-0.39, 0.29) is 30.0 Å². The summed E-state index contributed by atoms with van der Waals surface area (Å²) in [5.74, 6) is 0.594. The average Bonchev–Trinajstić information content (AvgIpc) is 2.31. The van der Waals surface area contributed by atoms with E-state index in [1.165, 1.54) is 6.20 Å². The molecule has 0 amide bonds. The van der Waals surface area contributed by atoms with Gasteiger partial charge in [-0.2, -0.15) is 18.2 Å². The van der Waals surface area contributed by atoms with Crippen LogP contribution in [0.4, 0.5) is 19.1 Å². The fourth-order valence-corrected chi connectivity index (χ4v) is 1.48. The Labute approximate surface area is 107 Å². The number of hydrogen-bond acceptors (Lipinski definition) is 5. The zero-order valence-electron chi connectivity index (χ0n) is 9.83. The van der Waals surface area contributed by atoms with E-state index in [0.29, 0.717) is 12.5 Å². The molecule has 1 N–H and O–H groups in total. The quantitative estimate of drug-likeness (QED) is 0.779. The molecule has 8 heteroatoms. The number of thioether (sulfide) groups is 1. The standard InChI is InChI=1S/C10H14F3N3OS/c1-2-6-17-8-3-4-14-9(16-8)15-5-7-18-10(11,12)13/h3-4H,2,5-7H2,1H3,(H,14,15,16). The molecule has 0 aliphatic rings. The molecule has 1 aromatic heterocycles. The first-order valence-corrected chi connectivity index (χ1v) is 6.40. The Hall–Kier alpha value is -1.18. The first-order valence-electron chi connectivity index (χ1n) is 5.41. The van der Waals surface area contributed by atoms with Crippen molar-refractivity contribution in [3.05, 3.63) is 12.3 Å². The maximum atomic E-state index is 11.9. The highest BCUT2D eigenvalue weighted by Crippen LogP contribution is 2.29. The van der Waals surface area contributed by atoms with Gasteiger partial charge in [-0.3, -0.25) is 0 Å². The summed E-state index contributed by atoms with van der Waals surface area (Å²) in [6.45, 7) is 2.65. The second-order valence-corrected chi connectivity index (χ2v) is 4.45. The lowest BCUT2D eigenvalue weighted by molar-refractivity contribution is -0.0327. The van der Waals surface area contributed by atoms with Gasteiger partial charge in [-0.1, -0.05) is 6.92 Å². The van der Waals surface area contributed by atoms with E-state index in [9.17, 15) is 13.2 Å². The lowest BCUT2D eigenvalue weighted by Gasteiger charge is -2.08. The van der Waals surface area contributed by atoms with Gasteiger partial charge < -0.3 is 10.1 Å². The Morgan fingerprint density at radius 2 is 2.22 bits per heavy atom. The van der Waals surface area contributed by atoms with Gasteiger partial charge in [0.25, 0.3) is 0 Å². The molecule has 1 rings (SSSR count). The van der Waals surface area contributed by atoms with Gasteiger partial charge in [-0.15, -0.1) is 0 Å².